The molecule has 28 heavy (non-hydrogen) atoms. The first kappa shape index (κ1) is 17.4. The molecule has 5 heteroatoms. The van der Waals surface area contributed by atoms with Gasteiger partial charge in [0, 0.05) is 6.54 Å². The largest absolute Gasteiger partial charge is 0.508 e. The average molecular weight is 374 g/mol. The van der Waals surface area contributed by atoms with E-state index in [0.717, 1.165) is 51.0 Å². The maximum absolute atomic E-state index is 9.72. The van der Waals surface area contributed by atoms with E-state index >= 15 is 0 Å². The summed E-state index contributed by atoms with van der Waals surface area (Å²) in [4.78, 5) is 2.47. The number of aromatic hydroxyl groups is 1. The van der Waals surface area contributed by atoms with E-state index in [2.05, 4.69) is 56.4 Å². The molecule has 3 aromatic rings. The summed E-state index contributed by atoms with van der Waals surface area (Å²) in [7, 11) is 0. The lowest BCUT2D eigenvalue weighted by molar-refractivity contribution is 0.202. The van der Waals surface area contributed by atoms with Gasteiger partial charge in [-0.15, -0.1) is 5.10 Å². The Labute approximate surface area is 165 Å². The summed E-state index contributed by atoms with van der Waals surface area (Å²) < 4.78 is 2.06. The number of likely N-dealkylation sites (tertiary alicyclic amines) is 1. The fourth-order valence-electron chi connectivity index (χ4n) is 4.78. The van der Waals surface area contributed by atoms with E-state index in [9.17, 15) is 5.11 Å². The van der Waals surface area contributed by atoms with Gasteiger partial charge in [0.25, 0.3) is 0 Å². The van der Waals surface area contributed by atoms with Crippen LogP contribution in [0.3, 0.4) is 0 Å². The molecule has 1 aliphatic carbocycles. The number of nitrogens with zero attached hydrogens (tertiary/aromatic N) is 4. The van der Waals surface area contributed by atoms with E-state index in [1.165, 1.54) is 16.7 Å². The van der Waals surface area contributed by atoms with Crippen molar-refractivity contribution in [2.24, 2.45) is 0 Å². The number of aryl methyl sites for hydroxylation is 1. The van der Waals surface area contributed by atoms with Crippen LogP contribution in [-0.4, -0.2) is 38.1 Å². The number of piperidine rings is 1. The van der Waals surface area contributed by atoms with Gasteiger partial charge >= 0.3 is 0 Å². The van der Waals surface area contributed by atoms with Crippen molar-refractivity contribution in [3.63, 3.8) is 0 Å². The monoisotopic (exact) mass is 374 g/mol. The van der Waals surface area contributed by atoms with Crippen LogP contribution in [-0.2, 0) is 13.0 Å². The minimum absolute atomic E-state index is 0.328. The van der Waals surface area contributed by atoms with Crippen molar-refractivity contribution in [3.05, 3.63) is 77.1 Å². The van der Waals surface area contributed by atoms with E-state index in [1.54, 1.807) is 6.07 Å². The van der Waals surface area contributed by atoms with Crippen molar-refractivity contribution >= 4 is 0 Å². The lowest BCUT2D eigenvalue weighted by Crippen LogP contribution is -2.32. The molecule has 1 atom stereocenters. The summed E-state index contributed by atoms with van der Waals surface area (Å²) in [5.41, 5.74) is 5.15. The van der Waals surface area contributed by atoms with Gasteiger partial charge in [0.05, 0.1) is 17.9 Å². The first-order valence-electron chi connectivity index (χ1n) is 10.3. The highest BCUT2D eigenvalue weighted by Gasteiger charge is 2.25. The molecule has 1 saturated heterocycles. The molecule has 5 rings (SSSR count). The second-order valence-electron chi connectivity index (χ2n) is 8.09. The molecule has 1 aliphatic heterocycles. The van der Waals surface area contributed by atoms with Gasteiger partial charge < -0.3 is 5.11 Å². The normalized spacial score (nSPS) is 20.4. The van der Waals surface area contributed by atoms with Gasteiger partial charge in [-0.3, -0.25) is 4.90 Å². The number of hydrogen-bond donors (Lipinski definition) is 1. The SMILES string of the molecule is Oc1cccc(C2CCN(Cc3cn(C4CCc5ccccc54)nn3)CC2)c1. The summed E-state index contributed by atoms with van der Waals surface area (Å²) >= 11 is 0. The Balaban J connectivity index is 1.21. The Bertz CT molecular complexity index is 958. The van der Waals surface area contributed by atoms with Crippen molar-refractivity contribution in [1.82, 2.24) is 19.9 Å². The molecule has 1 N–H and O–H groups in total. The molecular formula is C23H26N4O. The van der Waals surface area contributed by atoms with E-state index < -0.39 is 0 Å². The van der Waals surface area contributed by atoms with Crippen molar-refractivity contribution in [2.45, 2.75) is 44.2 Å². The molecule has 0 spiro atoms. The average Bonchev–Trinajstić information content (AvgIpc) is 3.35. The summed E-state index contributed by atoms with van der Waals surface area (Å²) in [5.74, 6) is 0.902. The molecule has 5 nitrogen and oxygen atoms in total. The quantitative estimate of drug-likeness (QED) is 0.753. The Kier molecular flexibility index (Phi) is 4.61. The van der Waals surface area contributed by atoms with Gasteiger partial charge in [0.15, 0.2) is 0 Å². The number of aromatic nitrogens is 3. The van der Waals surface area contributed by atoms with Gasteiger partial charge in [0.2, 0.25) is 0 Å². The van der Waals surface area contributed by atoms with Crippen LogP contribution in [0.15, 0.2) is 54.7 Å². The second kappa shape index (κ2) is 7.40. The van der Waals surface area contributed by atoms with Crippen LogP contribution in [0.5, 0.6) is 5.75 Å². The van der Waals surface area contributed by atoms with E-state index in [0.29, 0.717) is 17.7 Å². The smallest absolute Gasteiger partial charge is 0.115 e. The van der Waals surface area contributed by atoms with Crippen LogP contribution in [0.25, 0.3) is 0 Å². The molecule has 2 aromatic carbocycles. The van der Waals surface area contributed by atoms with Gasteiger partial charge in [-0.05, 0) is 73.5 Å². The van der Waals surface area contributed by atoms with Crippen LogP contribution in [0.2, 0.25) is 0 Å². The van der Waals surface area contributed by atoms with Crippen LogP contribution in [0.1, 0.15) is 53.6 Å². The van der Waals surface area contributed by atoms with Crippen LogP contribution in [0.4, 0.5) is 0 Å². The topological polar surface area (TPSA) is 54.2 Å². The van der Waals surface area contributed by atoms with Gasteiger partial charge in [-0.1, -0.05) is 41.6 Å². The van der Waals surface area contributed by atoms with Crippen molar-refractivity contribution < 1.29 is 5.11 Å². The lowest BCUT2D eigenvalue weighted by atomic mass is 9.89. The second-order valence-corrected chi connectivity index (χ2v) is 8.09. The summed E-state index contributed by atoms with van der Waals surface area (Å²) in [5, 5.41) is 18.6. The summed E-state index contributed by atoms with van der Waals surface area (Å²) in [6, 6.07) is 16.7. The lowest BCUT2D eigenvalue weighted by Gasteiger charge is -2.31. The number of benzene rings is 2. The van der Waals surface area contributed by atoms with Gasteiger partial charge in [-0.2, -0.15) is 0 Å². The van der Waals surface area contributed by atoms with E-state index in [1.807, 2.05) is 12.1 Å². The third-order valence-electron chi connectivity index (χ3n) is 6.29. The maximum Gasteiger partial charge on any atom is 0.115 e. The van der Waals surface area contributed by atoms with Gasteiger partial charge in [0.1, 0.15) is 5.75 Å². The molecule has 1 aromatic heterocycles. The molecule has 0 radical (unpaired) electrons. The molecule has 1 fully saturated rings. The van der Waals surface area contributed by atoms with Crippen molar-refractivity contribution in [3.8, 4) is 5.75 Å². The number of rotatable bonds is 4. The molecule has 144 valence electrons. The molecule has 0 bridgehead atoms. The predicted molar refractivity (Wildman–Crippen MR) is 108 cm³/mol. The third-order valence-corrected chi connectivity index (χ3v) is 6.29. The zero-order chi connectivity index (χ0) is 18.9. The number of hydrogen-bond acceptors (Lipinski definition) is 4. The predicted octanol–water partition coefficient (Wildman–Crippen LogP) is 3.90. The number of phenols is 1. The first-order valence-corrected chi connectivity index (χ1v) is 10.3. The minimum Gasteiger partial charge on any atom is -0.508 e. The highest BCUT2D eigenvalue weighted by molar-refractivity contribution is 5.34. The van der Waals surface area contributed by atoms with Crippen LogP contribution < -0.4 is 0 Å². The Hall–Kier alpha value is -2.66. The fourth-order valence-corrected chi connectivity index (χ4v) is 4.78. The summed E-state index contributed by atoms with van der Waals surface area (Å²) in [6.07, 6.45) is 6.60. The van der Waals surface area contributed by atoms with Gasteiger partial charge in [-0.25, -0.2) is 4.68 Å². The molecular weight excluding hydrogens is 348 g/mol. The zero-order valence-electron chi connectivity index (χ0n) is 16.0. The Morgan fingerprint density at radius 3 is 2.71 bits per heavy atom. The third kappa shape index (κ3) is 3.42. The number of fused-ring (bicyclic) bond motifs is 1. The number of phenolic OH excluding ortho intramolecular Hbond substituents is 1. The molecule has 1 unspecified atom stereocenters. The molecule has 2 heterocycles. The van der Waals surface area contributed by atoms with E-state index in [4.69, 9.17) is 0 Å². The molecule has 2 aliphatic rings. The minimum atomic E-state index is 0.328. The zero-order valence-corrected chi connectivity index (χ0v) is 16.0. The van der Waals surface area contributed by atoms with E-state index in [-0.39, 0.29) is 0 Å². The Morgan fingerprint density at radius 1 is 1.00 bits per heavy atom. The maximum atomic E-state index is 9.72. The molecule has 0 amide bonds. The van der Waals surface area contributed by atoms with Crippen LogP contribution >= 0.6 is 0 Å². The highest BCUT2D eigenvalue weighted by atomic mass is 16.3. The summed E-state index contributed by atoms with van der Waals surface area (Å²) in [6.45, 7) is 2.97. The highest BCUT2D eigenvalue weighted by Crippen LogP contribution is 2.34. The standard InChI is InChI=1S/C23H26N4O/c28-21-6-3-5-19(14-21)17-10-12-26(13-11-17)15-20-16-27(25-24-20)23-9-8-18-4-1-2-7-22(18)23/h1-7,14,16-17,23,28H,8-13,15H2. The Morgan fingerprint density at radius 2 is 1.86 bits per heavy atom. The first-order chi connectivity index (χ1) is 13.8. The van der Waals surface area contributed by atoms with Crippen LogP contribution in [0, 0.1) is 0 Å². The van der Waals surface area contributed by atoms with Crippen molar-refractivity contribution in [2.75, 3.05) is 13.1 Å². The molecule has 0 saturated carbocycles. The fraction of sp³-hybridized carbons (Fsp3) is 0.391. The van der Waals surface area contributed by atoms with Crippen molar-refractivity contribution in [1.29, 1.82) is 0 Å².